The molecular weight excluding hydrogens is 209 g/mol. The van der Waals surface area contributed by atoms with E-state index in [1.54, 1.807) is 0 Å². The molecule has 4 nitrogen and oxygen atoms in total. The fourth-order valence-corrected chi connectivity index (χ4v) is 2.02. The normalized spacial score (nSPS) is 16.9. The Bertz CT molecular complexity index is 505. The highest BCUT2D eigenvalue weighted by Gasteiger charge is 2.14. The van der Waals surface area contributed by atoms with Crippen LogP contribution in [0.3, 0.4) is 0 Å². The molecular formula is C11H12FN3O. The van der Waals surface area contributed by atoms with Crippen molar-refractivity contribution in [3.05, 3.63) is 24.3 Å². The summed E-state index contributed by atoms with van der Waals surface area (Å²) < 4.78 is 18.6. The number of anilines is 1. The van der Waals surface area contributed by atoms with Crippen LogP contribution in [0.5, 0.6) is 0 Å². The van der Waals surface area contributed by atoms with Crippen LogP contribution in [0.2, 0.25) is 0 Å². The van der Waals surface area contributed by atoms with Crippen molar-refractivity contribution in [2.45, 2.75) is 0 Å². The van der Waals surface area contributed by atoms with E-state index in [1.807, 2.05) is 6.07 Å². The highest BCUT2D eigenvalue weighted by Crippen LogP contribution is 2.24. The van der Waals surface area contributed by atoms with Gasteiger partial charge in [0, 0.05) is 37.9 Å². The molecule has 1 aromatic heterocycles. The second kappa shape index (κ2) is 3.75. The van der Waals surface area contributed by atoms with E-state index in [0.29, 0.717) is 5.52 Å². The molecule has 0 saturated carbocycles. The molecule has 3 rings (SSSR count). The maximum absolute atomic E-state index is 13.7. The van der Waals surface area contributed by atoms with Gasteiger partial charge in [-0.1, -0.05) is 0 Å². The van der Waals surface area contributed by atoms with Crippen molar-refractivity contribution in [3.63, 3.8) is 0 Å². The molecule has 1 saturated heterocycles. The van der Waals surface area contributed by atoms with Crippen LogP contribution in [0.4, 0.5) is 10.1 Å². The maximum atomic E-state index is 13.7. The fraction of sp³-hybridized carbons (Fsp3) is 0.364. The Hall–Kier alpha value is -1.62. The van der Waals surface area contributed by atoms with Crippen molar-refractivity contribution in [1.82, 2.24) is 10.3 Å². The molecule has 0 atom stereocenters. The van der Waals surface area contributed by atoms with Gasteiger partial charge in [0.05, 0.1) is 0 Å². The van der Waals surface area contributed by atoms with Crippen LogP contribution in [-0.2, 0) is 0 Å². The second-order valence-electron chi connectivity index (χ2n) is 3.87. The highest BCUT2D eigenvalue weighted by atomic mass is 19.1. The predicted molar refractivity (Wildman–Crippen MR) is 59.0 cm³/mol. The summed E-state index contributed by atoms with van der Waals surface area (Å²) in [7, 11) is 0. The summed E-state index contributed by atoms with van der Waals surface area (Å²) in [5, 5.41) is 3.26. The average molecular weight is 221 g/mol. The molecule has 2 aromatic rings. The number of nitrogens with one attached hydrogen (secondary N) is 1. The molecule has 16 heavy (non-hydrogen) atoms. The summed E-state index contributed by atoms with van der Waals surface area (Å²) in [4.78, 5) is 6.13. The standard InChI is InChI=1S/C11H12FN3O/c12-9-5-8(15-3-1-13-2-4-15)6-10-11(9)16-7-14-10/h5-7,13H,1-4H2. The molecule has 0 amide bonds. The van der Waals surface area contributed by atoms with Crippen LogP contribution in [0, 0.1) is 5.82 Å². The summed E-state index contributed by atoms with van der Waals surface area (Å²) in [6.45, 7) is 3.64. The first kappa shape index (κ1) is 9.59. The largest absolute Gasteiger partial charge is 0.440 e. The van der Waals surface area contributed by atoms with Gasteiger partial charge in [0.15, 0.2) is 17.8 Å². The maximum Gasteiger partial charge on any atom is 0.190 e. The van der Waals surface area contributed by atoms with Crippen LogP contribution in [-0.4, -0.2) is 31.2 Å². The number of nitrogens with zero attached hydrogens (tertiary/aromatic N) is 2. The number of hydrogen-bond acceptors (Lipinski definition) is 4. The third-order valence-corrected chi connectivity index (χ3v) is 2.85. The molecule has 84 valence electrons. The summed E-state index contributed by atoms with van der Waals surface area (Å²) in [5.74, 6) is -0.344. The minimum Gasteiger partial charge on any atom is -0.440 e. The van der Waals surface area contributed by atoms with E-state index < -0.39 is 0 Å². The summed E-state index contributed by atoms with van der Waals surface area (Å²) in [6, 6.07) is 3.38. The topological polar surface area (TPSA) is 41.3 Å². The number of fused-ring (bicyclic) bond motifs is 1. The smallest absolute Gasteiger partial charge is 0.190 e. The Morgan fingerprint density at radius 3 is 2.94 bits per heavy atom. The Balaban J connectivity index is 2.02. The van der Waals surface area contributed by atoms with Crippen molar-refractivity contribution in [3.8, 4) is 0 Å². The zero-order valence-corrected chi connectivity index (χ0v) is 8.74. The Morgan fingerprint density at radius 1 is 1.31 bits per heavy atom. The molecule has 0 spiro atoms. The Morgan fingerprint density at radius 2 is 2.12 bits per heavy atom. The highest BCUT2D eigenvalue weighted by molar-refractivity contribution is 5.78. The van der Waals surface area contributed by atoms with Crippen molar-refractivity contribution >= 4 is 16.8 Å². The number of rotatable bonds is 1. The molecule has 5 heteroatoms. The fourth-order valence-electron chi connectivity index (χ4n) is 2.02. The summed E-state index contributed by atoms with van der Waals surface area (Å²) in [5.41, 5.74) is 1.69. The van der Waals surface area contributed by atoms with Gasteiger partial charge < -0.3 is 14.6 Å². The number of hydrogen-bond donors (Lipinski definition) is 1. The van der Waals surface area contributed by atoms with Gasteiger partial charge in [-0.25, -0.2) is 9.37 Å². The number of halogens is 1. The number of benzene rings is 1. The molecule has 0 radical (unpaired) electrons. The molecule has 1 aliphatic rings. The van der Waals surface area contributed by atoms with Gasteiger partial charge in [0.25, 0.3) is 0 Å². The van der Waals surface area contributed by atoms with Crippen LogP contribution >= 0.6 is 0 Å². The lowest BCUT2D eigenvalue weighted by atomic mass is 10.2. The lowest BCUT2D eigenvalue weighted by Crippen LogP contribution is -2.43. The van der Waals surface area contributed by atoms with Gasteiger partial charge in [-0.15, -0.1) is 0 Å². The van der Waals surface area contributed by atoms with E-state index in [0.717, 1.165) is 31.9 Å². The minimum absolute atomic E-state index is 0.235. The van der Waals surface area contributed by atoms with E-state index in [4.69, 9.17) is 4.42 Å². The van der Waals surface area contributed by atoms with Crippen molar-refractivity contribution in [1.29, 1.82) is 0 Å². The van der Waals surface area contributed by atoms with Gasteiger partial charge in [0.2, 0.25) is 0 Å². The number of piperazine rings is 1. The number of oxazole rings is 1. The summed E-state index contributed by atoms with van der Waals surface area (Å²) >= 11 is 0. The second-order valence-corrected chi connectivity index (χ2v) is 3.87. The molecule has 0 aliphatic carbocycles. The van der Waals surface area contributed by atoms with Crippen LogP contribution < -0.4 is 10.2 Å². The van der Waals surface area contributed by atoms with E-state index in [9.17, 15) is 4.39 Å². The van der Waals surface area contributed by atoms with Gasteiger partial charge in [-0.05, 0) is 6.07 Å². The predicted octanol–water partition coefficient (Wildman–Crippen LogP) is 1.38. The molecule has 1 fully saturated rings. The van der Waals surface area contributed by atoms with E-state index in [2.05, 4.69) is 15.2 Å². The zero-order chi connectivity index (χ0) is 11.0. The average Bonchev–Trinajstić information content (AvgIpc) is 2.79. The first-order valence-electron chi connectivity index (χ1n) is 5.33. The SMILES string of the molecule is Fc1cc(N2CCNCC2)cc2ncoc12. The van der Waals surface area contributed by atoms with Crippen LogP contribution in [0.25, 0.3) is 11.1 Å². The van der Waals surface area contributed by atoms with Crippen molar-refractivity contribution in [2.75, 3.05) is 31.1 Å². The quantitative estimate of drug-likeness (QED) is 0.789. The van der Waals surface area contributed by atoms with E-state index >= 15 is 0 Å². The van der Waals surface area contributed by atoms with Gasteiger partial charge in [-0.2, -0.15) is 0 Å². The molecule has 2 heterocycles. The molecule has 1 aliphatic heterocycles. The van der Waals surface area contributed by atoms with Gasteiger partial charge >= 0.3 is 0 Å². The molecule has 1 aromatic carbocycles. The minimum atomic E-state index is -0.344. The molecule has 0 unspecified atom stereocenters. The van der Waals surface area contributed by atoms with E-state index in [-0.39, 0.29) is 11.4 Å². The van der Waals surface area contributed by atoms with Crippen LogP contribution in [0.15, 0.2) is 22.9 Å². The third-order valence-electron chi connectivity index (χ3n) is 2.85. The van der Waals surface area contributed by atoms with Crippen LogP contribution in [0.1, 0.15) is 0 Å². The third kappa shape index (κ3) is 1.53. The Labute approximate surface area is 92.1 Å². The first-order valence-corrected chi connectivity index (χ1v) is 5.33. The number of aromatic nitrogens is 1. The lowest BCUT2D eigenvalue weighted by molar-refractivity contribution is 0.552. The Kier molecular flexibility index (Phi) is 2.25. The zero-order valence-electron chi connectivity index (χ0n) is 8.74. The van der Waals surface area contributed by atoms with Crippen molar-refractivity contribution < 1.29 is 8.81 Å². The first-order chi connectivity index (χ1) is 7.84. The van der Waals surface area contributed by atoms with E-state index in [1.165, 1.54) is 12.5 Å². The summed E-state index contributed by atoms with van der Waals surface area (Å²) in [6.07, 6.45) is 1.27. The molecule has 1 N–H and O–H groups in total. The van der Waals surface area contributed by atoms with Crippen molar-refractivity contribution in [2.24, 2.45) is 0 Å². The monoisotopic (exact) mass is 221 g/mol. The molecule has 0 bridgehead atoms. The van der Waals surface area contributed by atoms with Gasteiger partial charge in [-0.3, -0.25) is 0 Å². The van der Waals surface area contributed by atoms with Gasteiger partial charge in [0.1, 0.15) is 5.52 Å². The lowest BCUT2D eigenvalue weighted by Gasteiger charge is -2.29.